The van der Waals surface area contributed by atoms with Gasteiger partial charge in [-0.15, -0.1) is 6.58 Å². The lowest BCUT2D eigenvalue weighted by molar-refractivity contribution is -0.203. The van der Waals surface area contributed by atoms with Gasteiger partial charge in [-0.3, -0.25) is 0 Å². The molecule has 1 aromatic rings. The van der Waals surface area contributed by atoms with Gasteiger partial charge in [0, 0.05) is 12.3 Å². The summed E-state index contributed by atoms with van der Waals surface area (Å²) in [7, 11) is 0. The van der Waals surface area contributed by atoms with E-state index < -0.39 is 0 Å². The molecule has 110 valence electrons. The molecule has 20 heavy (non-hydrogen) atoms. The number of halogens is 1. The minimum absolute atomic E-state index is 0.115. The fraction of sp³-hybridized carbons (Fsp3) is 0.529. The molecule has 2 rings (SSSR count). The van der Waals surface area contributed by atoms with Gasteiger partial charge >= 0.3 is 0 Å². The minimum atomic E-state index is -0.193. The lowest BCUT2D eigenvalue weighted by Gasteiger charge is -2.29. The van der Waals surface area contributed by atoms with Crippen LogP contribution in [0.5, 0.6) is 0 Å². The topological polar surface area (TPSA) is 18.5 Å². The van der Waals surface area contributed by atoms with E-state index in [4.69, 9.17) is 9.47 Å². The van der Waals surface area contributed by atoms with E-state index in [-0.39, 0.29) is 12.1 Å². The Balaban J connectivity index is 1.64. The molecule has 1 saturated heterocycles. The van der Waals surface area contributed by atoms with E-state index in [0.717, 1.165) is 50.9 Å². The van der Waals surface area contributed by atoms with E-state index in [9.17, 15) is 4.39 Å². The first-order chi connectivity index (χ1) is 9.78. The average molecular weight is 278 g/mol. The second kappa shape index (κ2) is 8.18. The van der Waals surface area contributed by atoms with Crippen LogP contribution in [0, 0.1) is 11.7 Å². The largest absolute Gasteiger partial charge is 0.352 e. The fourth-order valence-corrected chi connectivity index (χ4v) is 2.40. The fourth-order valence-electron chi connectivity index (χ4n) is 2.40. The third-order valence-electron chi connectivity index (χ3n) is 3.64. The van der Waals surface area contributed by atoms with Crippen molar-refractivity contribution in [2.24, 2.45) is 5.92 Å². The van der Waals surface area contributed by atoms with Crippen molar-refractivity contribution in [2.75, 3.05) is 13.2 Å². The maximum Gasteiger partial charge on any atom is 0.157 e. The minimum Gasteiger partial charge on any atom is -0.352 e. The maximum atomic E-state index is 12.8. The van der Waals surface area contributed by atoms with Gasteiger partial charge in [-0.25, -0.2) is 4.39 Å². The SMILES string of the molecule is C=CCCC[C@H]1CO[C@H](CCc2ccc(F)cc2)OC1. The standard InChI is InChI=1S/C17H23FO2/c1-2-3-4-5-15-12-19-17(20-13-15)11-8-14-6-9-16(18)10-7-14/h2,6-7,9-10,15,17H,1,3-5,8,11-13H2/t15-,17-. The highest BCUT2D eigenvalue weighted by Crippen LogP contribution is 2.20. The Bertz CT molecular complexity index is 394. The van der Waals surface area contributed by atoms with Crippen molar-refractivity contribution in [1.82, 2.24) is 0 Å². The predicted octanol–water partition coefficient (Wildman–Crippen LogP) is 4.10. The lowest BCUT2D eigenvalue weighted by atomic mass is 10.0. The number of aryl methyl sites for hydroxylation is 1. The monoisotopic (exact) mass is 278 g/mol. The molecule has 1 aromatic carbocycles. The summed E-state index contributed by atoms with van der Waals surface area (Å²) in [5.41, 5.74) is 1.12. The third-order valence-corrected chi connectivity index (χ3v) is 3.64. The molecule has 0 N–H and O–H groups in total. The van der Waals surface area contributed by atoms with E-state index >= 15 is 0 Å². The molecule has 1 aliphatic heterocycles. The lowest BCUT2D eigenvalue weighted by Crippen LogP contribution is -2.32. The summed E-state index contributed by atoms with van der Waals surface area (Å²) in [6.45, 7) is 5.29. The Labute approximate surface area is 120 Å². The average Bonchev–Trinajstić information content (AvgIpc) is 2.48. The van der Waals surface area contributed by atoms with Gasteiger partial charge in [0.15, 0.2) is 6.29 Å². The molecule has 0 aromatic heterocycles. The molecular weight excluding hydrogens is 255 g/mol. The van der Waals surface area contributed by atoms with E-state index in [0.29, 0.717) is 5.92 Å². The van der Waals surface area contributed by atoms with Crippen LogP contribution in [0.25, 0.3) is 0 Å². The molecule has 3 heteroatoms. The summed E-state index contributed by atoms with van der Waals surface area (Å²) < 4.78 is 24.3. The number of unbranched alkanes of at least 4 members (excludes halogenated alkanes) is 1. The van der Waals surface area contributed by atoms with Gasteiger partial charge in [0.1, 0.15) is 5.82 Å². The highest BCUT2D eigenvalue weighted by molar-refractivity contribution is 5.16. The Morgan fingerprint density at radius 1 is 1.15 bits per heavy atom. The zero-order chi connectivity index (χ0) is 14.2. The highest BCUT2D eigenvalue weighted by atomic mass is 19.1. The molecule has 1 heterocycles. The molecule has 1 aliphatic rings. The molecule has 0 bridgehead atoms. The van der Waals surface area contributed by atoms with Crippen LogP contribution in [-0.2, 0) is 15.9 Å². The third kappa shape index (κ3) is 5.06. The van der Waals surface area contributed by atoms with Crippen molar-refractivity contribution in [3.63, 3.8) is 0 Å². The number of allylic oxidation sites excluding steroid dienone is 1. The molecular formula is C17H23FO2. The van der Waals surface area contributed by atoms with Crippen molar-refractivity contribution >= 4 is 0 Å². The summed E-state index contributed by atoms with van der Waals surface area (Å²) in [6.07, 6.45) is 6.87. The van der Waals surface area contributed by atoms with Crippen molar-refractivity contribution in [2.45, 2.75) is 38.4 Å². The number of rotatable bonds is 7. The van der Waals surface area contributed by atoms with E-state index in [1.807, 2.05) is 18.2 Å². The zero-order valence-electron chi connectivity index (χ0n) is 11.9. The smallest absolute Gasteiger partial charge is 0.157 e. The number of hydrogen-bond donors (Lipinski definition) is 0. The second-order valence-corrected chi connectivity index (χ2v) is 5.35. The summed E-state index contributed by atoms with van der Waals surface area (Å²) in [5, 5.41) is 0. The summed E-state index contributed by atoms with van der Waals surface area (Å²) >= 11 is 0. The first-order valence-corrected chi connectivity index (χ1v) is 7.36. The summed E-state index contributed by atoms with van der Waals surface area (Å²) in [4.78, 5) is 0. The van der Waals surface area contributed by atoms with Crippen LogP contribution < -0.4 is 0 Å². The maximum absolute atomic E-state index is 12.8. The van der Waals surface area contributed by atoms with E-state index in [1.54, 1.807) is 0 Å². The quantitative estimate of drug-likeness (QED) is 0.552. The number of ether oxygens (including phenoxy) is 2. The number of hydrogen-bond acceptors (Lipinski definition) is 2. The van der Waals surface area contributed by atoms with Crippen molar-refractivity contribution < 1.29 is 13.9 Å². The van der Waals surface area contributed by atoms with Crippen LogP contribution in [0.2, 0.25) is 0 Å². The summed E-state index contributed by atoms with van der Waals surface area (Å²) in [6, 6.07) is 6.62. The van der Waals surface area contributed by atoms with Crippen molar-refractivity contribution in [3.05, 3.63) is 48.3 Å². The van der Waals surface area contributed by atoms with Crippen LogP contribution >= 0.6 is 0 Å². The molecule has 1 fully saturated rings. The molecule has 2 nitrogen and oxygen atoms in total. The molecule has 0 unspecified atom stereocenters. The van der Waals surface area contributed by atoms with Gasteiger partial charge in [-0.2, -0.15) is 0 Å². The normalized spacial score (nSPS) is 22.6. The second-order valence-electron chi connectivity index (χ2n) is 5.35. The van der Waals surface area contributed by atoms with Crippen LogP contribution in [-0.4, -0.2) is 19.5 Å². The van der Waals surface area contributed by atoms with Crippen LogP contribution in [0.3, 0.4) is 0 Å². The van der Waals surface area contributed by atoms with Gasteiger partial charge in [0.2, 0.25) is 0 Å². The van der Waals surface area contributed by atoms with Gasteiger partial charge in [-0.05, 0) is 43.4 Å². The van der Waals surface area contributed by atoms with Crippen molar-refractivity contribution in [1.29, 1.82) is 0 Å². The summed E-state index contributed by atoms with van der Waals surface area (Å²) in [5.74, 6) is 0.318. The Kier molecular flexibility index (Phi) is 6.22. The van der Waals surface area contributed by atoms with Gasteiger partial charge < -0.3 is 9.47 Å². The van der Waals surface area contributed by atoms with Crippen LogP contribution in [0.15, 0.2) is 36.9 Å². The molecule has 0 atom stereocenters. The predicted molar refractivity (Wildman–Crippen MR) is 78.0 cm³/mol. The van der Waals surface area contributed by atoms with Gasteiger partial charge in [-0.1, -0.05) is 18.2 Å². The number of benzene rings is 1. The van der Waals surface area contributed by atoms with Gasteiger partial charge in [0.05, 0.1) is 13.2 Å². The molecule has 0 radical (unpaired) electrons. The molecule has 0 saturated carbocycles. The molecule has 0 aliphatic carbocycles. The van der Waals surface area contributed by atoms with Crippen LogP contribution in [0.1, 0.15) is 31.2 Å². The van der Waals surface area contributed by atoms with Gasteiger partial charge in [0.25, 0.3) is 0 Å². The van der Waals surface area contributed by atoms with E-state index in [2.05, 4.69) is 6.58 Å². The Morgan fingerprint density at radius 3 is 2.50 bits per heavy atom. The van der Waals surface area contributed by atoms with Crippen LogP contribution in [0.4, 0.5) is 4.39 Å². The zero-order valence-corrected chi connectivity index (χ0v) is 11.9. The molecule has 0 spiro atoms. The first-order valence-electron chi connectivity index (χ1n) is 7.36. The molecule has 0 amide bonds. The van der Waals surface area contributed by atoms with E-state index in [1.165, 1.54) is 12.1 Å². The Hall–Kier alpha value is -1.19. The highest BCUT2D eigenvalue weighted by Gasteiger charge is 2.21. The van der Waals surface area contributed by atoms with Crippen molar-refractivity contribution in [3.8, 4) is 0 Å². The Morgan fingerprint density at radius 2 is 1.85 bits per heavy atom. The first kappa shape index (κ1) is 15.2.